The van der Waals surface area contributed by atoms with E-state index >= 15 is 0 Å². The van der Waals surface area contributed by atoms with Gasteiger partial charge in [-0.2, -0.15) is 0 Å². The first-order valence-electron chi connectivity index (χ1n) is 8.46. The van der Waals surface area contributed by atoms with Crippen molar-refractivity contribution in [3.05, 3.63) is 71.8 Å². The topological polar surface area (TPSA) is 38.3 Å². The summed E-state index contributed by atoms with van der Waals surface area (Å²) in [7, 11) is 0. The maximum Gasteiger partial charge on any atom is 0.224 e. The summed E-state index contributed by atoms with van der Waals surface area (Å²) in [6.07, 6.45) is 5.52. The normalized spacial score (nSPS) is 13.8. The van der Waals surface area contributed by atoms with E-state index in [-0.39, 0.29) is 5.91 Å². The minimum atomic E-state index is 0.0606. The van der Waals surface area contributed by atoms with Crippen LogP contribution in [0.1, 0.15) is 36.0 Å². The highest BCUT2D eigenvalue weighted by Gasteiger charge is 2.20. The third-order valence-corrected chi connectivity index (χ3v) is 4.38. The van der Waals surface area contributed by atoms with Crippen LogP contribution in [0.2, 0.25) is 0 Å². The van der Waals surface area contributed by atoms with Crippen molar-refractivity contribution in [3.63, 3.8) is 0 Å². The van der Waals surface area contributed by atoms with Crippen LogP contribution in [0.4, 0.5) is 0 Å². The number of hydrogen-bond acceptors (Lipinski definition) is 2. The third kappa shape index (κ3) is 4.25. The molecule has 1 N–H and O–H groups in total. The largest absolute Gasteiger partial charge is 0.489 e. The lowest BCUT2D eigenvalue weighted by Crippen LogP contribution is -2.40. The van der Waals surface area contributed by atoms with Crippen LogP contribution in [-0.2, 0) is 17.8 Å². The van der Waals surface area contributed by atoms with E-state index in [4.69, 9.17) is 4.74 Å². The minimum absolute atomic E-state index is 0.0606. The van der Waals surface area contributed by atoms with Crippen LogP contribution in [0.5, 0.6) is 5.75 Å². The highest BCUT2D eigenvalue weighted by Crippen LogP contribution is 2.24. The lowest BCUT2D eigenvalue weighted by molar-refractivity contribution is -0.121. The Morgan fingerprint density at radius 1 is 1.21 bits per heavy atom. The first-order chi connectivity index (χ1) is 11.7. The van der Waals surface area contributed by atoms with Gasteiger partial charge in [0.25, 0.3) is 0 Å². The van der Waals surface area contributed by atoms with Crippen molar-refractivity contribution >= 4 is 12.0 Å². The van der Waals surface area contributed by atoms with Crippen LogP contribution >= 0.6 is 0 Å². The van der Waals surface area contributed by atoms with E-state index in [0.717, 1.165) is 35.3 Å². The molecular weight excluding hydrogens is 298 g/mol. The van der Waals surface area contributed by atoms with Gasteiger partial charge in [-0.05, 0) is 42.5 Å². The SMILES string of the molecule is C=Cc1ccc(OCc2ccccc2)c(CC(=O)NC2CCC2)c1. The van der Waals surface area contributed by atoms with Crippen molar-refractivity contribution in [1.29, 1.82) is 0 Å². The molecule has 0 aliphatic heterocycles. The Kier molecular flexibility index (Phi) is 5.32. The monoisotopic (exact) mass is 321 g/mol. The number of carbonyl (C=O) groups excluding carboxylic acids is 1. The molecule has 3 nitrogen and oxygen atoms in total. The zero-order chi connectivity index (χ0) is 16.8. The van der Waals surface area contributed by atoms with Gasteiger partial charge in [-0.3, -0.25) is 4.79 Å². The molecule has 1 amide bonds. The molecule has 1 fully saturated rings. The summed E-state index contributed by atoms with van der Waals surface area (Å²) in [6.45, 7) is 4.30. The van der Waals surface area contributed by atoms with E-state index in [9.17, 15) is 4.79 Å². The summed E-state index contributed by atoms with van der Waals surface area (Å²) in [5.74, 6) is 0.818. The van der Waals surface area contributed by atoms with Crippen molar-refractivity contribution in [3.8, 4) is 5.75 Å². The molecule has 2 aromatic rings. The van der Waals surface area contributed by atoms with E-state index in [1.807, 2.05) is 48.5 Å². The molecule has 1 aliphatic rings. The van der Waals surface area contributed by atoms with E-state index in [2.05, 4.69) is 11.9 Å². The smallest absolute Gasteiger partial charge is 0.224 e. The fourth-order valence-electron chi connectivity index (χ4n) is 2.74. The molecule has 24 heavy (non-hydrogen) atoms. The highest BCUT2D eigenvalue weighted by molar-refractivity contribution is 5.80. The lowest BCUT2D eigenvalue weighted by Gasteiger charge is -2.26. The molecule has 3 rings (SSSR count). The number of rotatable bonds is 7. The predicted molar refractivity (Wildman–Crippen MR) is 96.8 cm³/mol. The van der Waals surface area contributed by atoms with Gasteiger partial charge in [0.2, 0.25) is 5.91 Å². The van der Waals surface area contributed by atoms with Gasteiger partial charge < -0.3 is 10.1 Å². The number of hydrogen-bond donors (Lipinski definition) is 1. The third-order valence-electron chi connectivity index (χ3n) is 4.38. The van der Waals surface area contributed by atoms with E-state index in [1.165, 1.54) is 6.42 Å². The molecule has 0 aromatic heterocycles. The Bertz CT molecular complexity index is 705. The summed E-state index contributed by atoms with van der Waals surface area (Å²) in [6, 6.07) is 16.2. The first-order valence-corrected chi connectivity index (χ1v) is 8.46. The Morgan fingerprint density at radius 3 is 2.67 bits per heavy atom. The molecule has 2 aromatic carbocycles. The second-order valence-corrected chi connectivity index (χ2v) is 6.22. The summed E-state index contributed by atoms with van der Waals surface area (Å²) in [4.78, 5) is 12.2. The summed E-state index contributed by atoms with van der Waals surface area (Å²) < 4.78 is 5.95. The van der Waals surface area contributed by atoms with Gasteiger partial charge in [0, 0.05) is 11.6 Å². The van der Waals surface area contributed by atoms with Crippen LogP contribution in [0, 0.1) is 0 Å². The molecular formula is C21H23NO2. The summed E-state index contributed by atoms with van der Waals surface area (Å²) in [5.41, 5.74) is 3.00. The molecule has 0 radical (unpaired) electrons. The maximum absolute atomic E-state index is 12.2. The van der Waals surface area contributed by atoms with Crippen molar-refractivity contribution in [1.82, 2.24) is 5.32 Å². The van der Waals surface area contributed by atoms with E-state index in [1.54, 1.807) is 6.08 Å². The van der Waals surface area contributed by atoms with Gasteiger partial charge >= 0.3 is 0 Å². The highest BCUT2D eigenvalue weighted by atomic mass is 16.5. The molecule has 1 saturated carbocycles. The number of nitrogens with one attached hydrogen (secondary N) is 1. The van der Waals surface area contributed by atoms with Crippen LogP contribution in [0.25, 0.3) is 6.08 Å². The zero-order valence-electron chi connectivity index (χ0n) is 13.8. The second kappa shape index (κ2) is 7.82. The number of carbonyl (C=O) groups is 1. The Hall–Kier alpha value is -2.55. The average molecular weight is 321 g/mol. The molecule has 0 bridgehead atoms. The van der Waals surface area contributed by atoms with Gasteiger partial charge in [0.05, 0.1) is 6.42 Å². The van der Waals surface area contributed by atoms with Gasteiger partial charge in [0.15, 0.2) is 0 Å². The van der Waals surface area contributed by atoms with Crippen LogP contribution in [-0.4, -0.2) is 11.9 Å². The Labute approximate surface area is 143 Å². The van der Waals surface area contributed by atoms with Crippen LogP contribution in [0.15, 0.2) is 55.1 Å². The summed E-state index contributed by atoms with van der Waals surface area (Å²) in [5, 5.41) is 3.08. The molecule has 3 heteroatoms. The molecule has 0 unspecified atom stereocenters. The fourth-order valence-corrected chi connectivity index (χ4v) is 2.74. The summed E-state index contributed by atoms with van der Waals surface area (Å²) >= 11 is 0. The zero-order valence-corrected chi connectivity index (χ0v) is 13.8. The fraction of sp³-hybridized carbons (Fsp3) is 0.286. The number of amides is 1. The van der Waals surface area contributed by atoms with Crippen LogP contribution in [0.3, 0.4) is 0 Å². The molecule has 0 atom stereocenters. The molecule has 0 heterocycles. The average Bonchev–Trinajstić information content (AvgIpc) is 2.58. The van der Waals surface area contributed by atoms with Crippen molar-refractivity contribution in [2.75, 3.05) is 0 Å². The molecule has 1 aliphatic carbocycles. The van der Waals surface area contributed by atoms with Crippen molar-refractivity contribution in [2.45, 2.75) is 38.3 Å². The number of ether oxygens (including phenoxy) is 1. The van der Waals surface area contributed by atoms with Crippen molar-refractivity contribution in [2.24, 2.45) is 0 Å². The Morgan fingerprint density at radius 2 is 2.00 bits per heavy atom. The lowest BCUT2D eigenvalue weighted by atomic mass is 9.93. The van der Waals surface area contributed by atoms with Crippen molar-refractivity contribution < 1.29 is 9.53 Å². The molecule has 0 saturated heterocycles. The molecule has 124 valence electrons. The second-order valence-electron chi connectivity index (χ2n) is 6.22. The van der Waals surface area contributed by atoms with E-state index < -0.39 is 0 Å². The van der Waals surface area contributed by atoms with Crippen LogP contribution < -0.4 is 10.1 Å². The van der Waals surface area contributed by atoms with Gasteiger partial charge in [-0.15, -0.1) is 0 Å². The first kappa shape index (κ1) is 16.3. The predicted octanol–water partition coefficient (Wildman–Crippen LogP) is 4.12. The van der Waals surface area contributed by atoms with Gasteiger partial charge in [0.1, 0.15) is 12.4 Å². The standard InChI is InChI=1S/C21H23NO2/c1-2-16-11-12-20(24-15-17-7-4-3-5-8-17)18(13-16)14-21(23)22-19-9-6-10-19/h2-5,7-8,11-13,19H,1,6,9-10,14-15H2,(H,22,23). The van der Waals surface area contributed by atoms with Gasteiger partial charge in [-0.25, -0.2) is 0 Å². The minimum Gasteiger partial charge on any atom is -0.489 e. The number of benzene rings is 2. The van der Waals surface area contributed by atoms with E-state index in [0.29, 0.717) is 19.1 Å². The molecule has 0 spiro atoms. The van der Waals surface area contributed by atoms with Gasteiger partial charge in [-0.1, -0.05) is 49.1 Å². The Balaban J connectivity index is 1.69. The maximum atomic E-state index is 12.2. The quantitative estimate of drug-likeness (QED) is 0.833.